The predicted octanol–water partition coefficient (Wildman–Crippen LogP) is 7.59. The van der Waals surface area contributed by atoms with Crippen molar-refractivity contribution in [3.8, 4) is 22.6 Å². The van der Waals surface area contributed by atoms with E-state index in [9.17, 15) is 0 Å². The molecular weight excluding hydrogens is 621 g/mol. The molecule has 0 bridgehead atoms. The zero-order valence-corrected chi connectivity index (χ0v) is 26.4. The second-order valence-corrected chi connectivity index (χ2v) is 13.8. The van der Waals surface area contributed by atoms with Crippen LogP contribution in [0.25, 0.3) is 22.6 Å². The van der Waals surface area contributed by atoms with Crippen molar-refractivity contribution in [1.82, 2.24) is 19.9 Å². The van der Waals surface area contributed by atoms with Crippen LogP contribution in [0.5, 0.6) is 0 Å². The van der Waals surface area contributed by atoms with E-state index in [1.54, 1.807) is 0 Å². The summed E-state index contributed by atoms with van der Waals surface area (Å²) in [5.74, 6) is 2.28. The van der Waals surface area contributed by atoms with E-state index in [0.717, 1.165) is 28.5 Å². The third kappa shape index (κ3) is 4.47. The van der Waals surface area contributed by atoms with Crippen LogP contribution in [0.3, 0.4) is 0 Å². The van der Waals surface area contributed by atoms with E-state index in [0.29, 0.717) is 5.82 Å². The Hall–Kier alpha value is -1.97. The van der Waals surface area contributed by atoms with Gasteiger partial charge in [0.2, 0.25) is 0 Å². The second-order valence-electron chi connectivity index (χ2n) is 13.8. The summed E-state index contributed by atoms with van der Waals surface area (Å²) in [6.45, 7) is 27.0. The van der Waals surface area contributed by atoms with E-state index in [-0.39, 0.29) is 47.2 Å². The molecule has 0 fully saturated rings. The predicted molar refractivity (Wildman–Crippen MR) is 145 cm³/mol. The van der Waals surface area contributed by atoms with Crippen LogP contribution in [-0.2, 0) is 41.8 Å². The van der Waals surface area contributed by atoms with Crippen molar-refractivity contribution in [3.05, 3.63) is 59.3 Å². The van der Waals surface area contributed by atoms with E-state index >= 15 is 0 Å². The molecule has 1 aliphatic rings. The summed E-state index contributed by atoms with van der Waals surface area (Å²) in [6, 6.07) is 12.1. The second kappa shape index (κ2) is 8.81. The maximum Gasteiger partial charge on any atom is 0.164 e. The molecule has 0 saturated carbocycles. The van der Waals surface area contributed by atoms with Crippen molar-refractivity contribution in [2.24, 2.45) is 5.41 Å². The molecule has 0 aliphatic heterocycles. The minimum absolute atomic E-state index is 0. The third-order valence-corrected chi connectivity index (χ3v) is 8.70. The summed E-state index contributed by atoms with van der Waals surface area (Å²) in [5.41, 5.74) is 5.54. The molecule has 4 rings (SSSR count). The molecule has 2 aromatic heterocycles. The van der Waals surface area contributed by atoms with E-state index in [1.807, 2.05) is 6.20 Å². The minimum atomic E-state index is -0.168. The standard InChI is InChI=1S/C31H41N4.Ir/c1-27(2,3)25-33-24(34-26(35-25)28(4,5)6)20-14-16-23(32-18-20)19-13-15-21-22(17-19)30(9,10)31(11,12)29(21,7)8;/h14-18H,1-12H3;/q-1;. The number of fused-ring (bicyclic) bond motifs is 1. The Kier molecular flexibility index (Phi) is 7.00. The van der Waals surface area contributed by atoms with Crippen LogP contribution >= 0.6 is 0 Å². The Morgan fingerprint density at radius 3 is 1.72 bits per heavy atom. The minimum Gasteiger partial charge on any atom is -0.304 e. The molecule has 5 heteroatoms. The van der Waals surface area contributed by atoms with Crippen LogP contribution in [0.2, 0.25) is 0 Å². The molecule has 195 valence electrons. The van der Waals surface area contributed by atoms with Crippen molar-refractivity contribution < 1.29 is 20.1 Å². The molecule has 0 amide bonds. The Bertz CT molecular complexity index is 1240. The largest absolute Gasteiger partial charge is 0.304 e. The van der Waals surface area contributed by atoms with E-state index in [1.165, 1.54) is 11.1 Å². The molecule has 2 heterocycles. The smallest absolute Gasteiger partial charge is 0.164 e. The summed E-state index contributed by atoms with van der Waals surface area (Å²) in [6.07, 6.45) is 1.88. The van der Waals surface area contributed by atoms with Gasteiger partial charge in [-0.25, -0.2) is 15.0 Å². The molecule has 1 radical (unpaired) electrons. The topological polar surface area (TPSA) is 51.6 Å². The van der Waals surface area contributed by atoms with E-state index in [4.69, 9.17) is 19.9 Å². The normalized spacial score (nSPS) is 17.9. The van der Waals surface area contributed by atoms with Crippen LogP contribution in [0.4, 0.5) is 0 Å². The van der Waals surface area contributed by atoms with Gasteiger partial charge in [0.1, 0.15) is 11.6 Å². The van der Waals surface area contributed by atoms with Gasteiger partial charge in [0.05, 0.1) is 0 Å². The van der Waals surface area contributed by atoms with Gasteiger partial charge in [-0.3, -0.25) is 0 Å². The van der Waals surface area contributed by atoms with Gasteiger partial charge in [0.25, 0.3) is 0 Å². The Labute approximate surface area is 231 Å². The number of nitrogens with zero attached hydrogens (tertiary/aromatic N) is 4. The SMILES string of the molecule is CC(C)(C)c1nc(-c2ccc(-c3[c-]cc4c(c3)C(C)(C)C(C)(C)C4(C)C)nc2)nc(C(C)(C)C)n1.[Ir]. The number of aromatic nitrogens is 4. The van der Waals surface area contributed by atoms with Gasteiger partial charge in [-0.05, 0) is 21.9 Å². The molecule has 1 aromatic carbocycles. The first kappa shape index (κ1) is 28.6. The fraction of sp³-hybridized carbons (Fsp3) is 0.548. The Morgan fingerprint density at radius 1 is 0.722 bits per heavy atom. The van der Waals surface area contributed by atoms with Crippen molar-refractivity contribution in [2.75, 3.05) is 0 Å². The van der Waals surface area contributed by atoms with E-state index < -0.39 is 0 Å². The number of rotatable bonds is 2. The van der Waals surface area contributed by atoms with Gasteiger partial charge >= 0.3 is 0 Å². The summed E-state index contributed by atoms with van der Waals surface area (Å²) < 4.78 is 0. The van der Waals surface area contributed by atoms with Gasteiger partial charge in [-0.1, -0.05) is 95.2 Å². The van der Waals surface area contributed by atoms with Crippen LogP contribution in [0.15, 0.2) is 30.5 Å². The van der Waals surface area contributed by atoms with Gasteiger partial charge in [-0.2, -0.15) is 0 Å². The zero-order valence-electron chi connectivity index (χ0n) is 24.0. The Morgan fingerprint density at radius 2 is 1.25 bits per heavy atom. The van der Waals surface area contributed by atoms with Crippen molar-refractivity contribution in [1.29, 1.82) is 0 Å². The van der Waals surface area contributed by atoms with Crippen LogP contribution < -0.4 is 0 Å². The fourth-order valence-corrected chi connectivity index (χ4v) is 4.99. The first-order valence-electron chi connectivity index (χ1n) is 12.7. The van der Waals surface area contributed by atoms with Crippen LogP contribution in [0, 0.1) is 11.5 Å². The first-order chi connectivity index (χ1) is 15.9. The summed E-state index contributed by atoms with van der Waals surface area (Å²) in [7, 11) is 0. The van der Waals surface area contributed by atoms with Crippen molar-refractivity contribution in [3.63, 3.8) is 0 Å². The molecule has 0 atom stereocenters. The zero-order chi connectivity index (χ0) is 26.2. The first-order valence-corrected chi connectivity index (χ1v) is 12.7. The van der Waals surface area contributed by atoms with Gasteiger partial charge in [0, 0.05) is 42.7 Å². The van der Waals surface area contributed by atoms with Crippen molar-refractivity contribution in [2.45, 2.75) is 105 Å². The molecule has 3 aromatic rings. The summed E-state index contributed by atoms with van der Waals surface area (Å²) >= 11 is 0. The average molecular weight is 662 g/mol. The fourth-order valence-electron chi connectivity index (χ4n) is 4.99. The molecular formula is C31H41IrN4-. The monoisotopic (exact) mass is 662 g/mol. The molecule has 1 aliphatic carbocycles. The maximum atomic E-state index is 4.82. The number of pyridine rings is 1. The van der Waals surface area contributed by atoms with Gasteiger partial charge < -0.3 is 4.98 Å². The van der Waals surface area contributed by atoms with E-state index in [2.05, 4.69) is 113 Å². The molecule has 0 spiro atoms. The Balaban J connectivity index is 0.00000361. The number of benzene rings is 1. The van der Waals surface area contributed by atoms with Gasteiger partial charge in [-0.15, -0.1) is 34.9 Å². The van der Waals surface area contributed by atoms with Crippen LogP contribution in [0.1, 0.15) is 106 Å². The summed E-state index contributed by atoms with van der Waals surface area (Å²) in [5, 5.41) is 0. The molecule has 0 N–H and O–H groups in total. The quantitative estimate of drug-likeness (QED) is 0.266. The molecule has 0 unspecified atom stereocenters. The molecule has 0 saturated heterocycles. The average Bonchev–Trinajstić information content (AvgIpc) is 2.86. The summed E-state index contributed by atoms with van der Waals surface area (Å²) in [4.78, 5) is 19.3. The molecule has 36 heavy (non-hydrogen) atoms. The van der Waals surface area contributed by atoms with Crippen molar-refractivity contribution >= 4 is 0 Å². The maximum absolute atomic E-state index is 4.82. The van der Waals surface area contributed by atoms with Crippen LogP contribution in [-0.4, -0.2) is 19.9 Å². The molecule has 4 nitrogen and oxygen atoms in total. The number of hydrogen-bond acceptors (Lipinski definition) is 4. The number of hydrogen-bond donors (Lipinski definition) is 0. The van der Waals surface area contributed by atoms with Gasteiger partial charge in [0.15, 0.2) is 5.82 Å². The third-order valence-electron chi connectivity index (χ3n) is 8.70.